The molecule has 122 valence electrons. The van der Waals surface area contributed by atoms with Gasteiger partial charge >= 0.3 is 5.97 Å². The Labute approximate surface area is 130 Å². The van der Waals surface area contributed by atoms with Crippen LogP contribution >= 0.6 is 0 Å². The van der Waals surface area contributed by atoms with Gasteiger partial charge in [-0.05, 0) is 38.4 Å². The Morgan fingerprint density at radius 2 is 2.32 bits per heavy atom. The maximum absolute atomic E-state index is 12.0. The quantitative estimate of drug-likeness (QED) is 0.776. The number of amides is 1. The number of ether oxygens (including phenoxy) is 1. The van der Waals surface area contributed by atoms with E-state index in [1.807, 2.05) is 13.0 Å². The van der Waals surface area contributed by atoms with Crippen molar-refractivity contribution in [2.75, 3.05) is 19.7 Å². The Hall–Kier alpha value is -1.82. The van der Waals surface area contributed by atoms with Gasteiger partial charge in [-0.2, -0.15) is 0 Å². The van der Waals surface area contributed by atoms with Crippen LogP contribution in [0, 0.1) is 0 Å². The summed E-state index contributed by atoms with van der Waals surface area (Å²) in [6.07, 6.45) is 4.86. The zero-order chi connectivity index (χ0) is 15.8. The average Bonchev–Trinajstić information content (AvgIpc) is 3.05. The van der Waals surface area contributed by atoms with Crippen LogP contribution in [0.2, 0.25) is 0 Å². The van der Waals surface area contributed by atoms with Crippen LogP contribution in [0.1, 0.15) is 38.4 Å². The van der Waals surface area contributed by atoms with Crippen molar-refractivity contribution in [1.82, 2.24) is 10.2 Å². The molecule has 1 aliphatic heterocycles. The molecule has 0 spiro atoms. The lowest BCUT2D eigenvalue weighted by Gasteiger charge is -2.33. The maximum Gasteiger partial charge on any atom is 0.323 e. The van der Waals surface area contributed by atoms with Crippen LogP contribution < -0.4 is 5.32 Å². The summed E-state index contributed by atoms with van der Waals surface area (Å²) in [6, 6.07) is 3.41. The van der Waals surface area contributed by atoms with Gasteiger partial charge in [0.15, 0.2) is 0 Å². The van der Waals surface area contributed by atoms with E-state index in [-0.39, 0.29) is 17.9 Å². The Balaban J connectivity index is 1.75. The van der Waals surface area contributed by atoms with Gasteiger partial charge in [0.05, 0.1) is 19.4 Å². The molecular weight excluding hydrogens is 284 g/mol. The topological polar surface area (TPSA) is 71.8 Å². The Morgan fingerprint density at radius 1 is 1.45 bits per heavy atom. The summed E-state index contributed by atoms with van der Waals surface area (Å²) in [7, 11) is 0. The van der Waals surface area contributed by atoms with Crippen molar-refractivity contribution in [2.45, 2.75) is 45.2 Å². The van der Waals surface area contributed by atoms with Gasteiger partial charge in [0.2, 0.25) is 5.91 Å². The molecule has 1 N–H and O–H groups in total. The predicted molar refractivity (Wildman–Crippen MR) is 81.0 cm³/mol. The van der Waals surface area contributed by atoms with Crippen molar-refractivity contribution in [3.63, 3.8) is 0 Å². The smallest absolute Gasteiger partial charge is 0.323 e. The lowest BCUT2D eigenvalue weighted by Crippen LogP contribution is -2.46. The van der Waals surface area contributed by atoms with Gasteiger partial charge in [-0.3, -0.25) is 14.5 Å². The number of rotatable bonds is 7. The molecule has 2 heterocycles. The van der Waals surface area contributed by atoms with Gasteiger partial charge in [0.1, 0.15) is 11.8 Å². The molecule has 0 saturated carbocycles. The molecule has 1 aromatic heterocycles. The molecule has 0 radical (unpaired) electrons. The summed E-state index contributed by atoms with van der Waals surface area (Å²) in [6.45, 7) is 4.02. The van der Waals surface area contributed by atoms with Gasteiger partial charge in [-0.25, -0.2) is 0 Å². The van der Waals surface area contributed by atoms with Crippen molar-refractivity contribution in [3.8, 4) is 0 Å². The lowest BCUT2D eigenvalue weighted by atomic mass is 10.0. The zero-order valence-corrected chi connectivity index (χ0v) is 13.0. The van der Waals surface area contributed by atoms with Crippen molar-refractivity contribution < 1.29 is 18.7 Å². The van der Waals surface area contributed by atoms with E-state index in [0.717, 1.165) is 31.6 Å². The Bertz CT molecular complexity index is 473. The maximum atomic E-state index is 12.0. The van der Waals surface area contributed by atoms with Crippen LogP contribution in [-0.4, -0.2) is 42.5 Å². The average molecular weight is 308 g/mol. The minimum atomic E-state index is -0.202. The third kappa shape index (κ3) is 4.87. The molecule has 0 aromatic carbocycles. The van der Waals surface area contributed by atoms with Crippen molar-refractivity contribution in [3.05, 3.63) is 24.2 Å². The van der Waals surface area contributed by atoms with E-state index in [1.54, 1.807) is 12.3 Å². The number of esters is 1. The molecule has 0 unspecified atom stereocenters. The first-order valence-electron chi connectivity index (χ1n) is 7.90. The van der Waals surface area contributed by atoms with Crippen LogP contribution in [-0.2, 0) is 20.9 Å². The van der Waals surface area contributed by atoms with Gasteiger partial charge < -0.3 is 14.5 Å². The first-order chi connectivity index (χ1) is 10.7. The van der Waals surface area contributed by atoms with Gasteiger partial charge in [0, 0.05) is 13.0 Å². The van der Waals surface area contributed by atoms with E-state index in [4.69, 9.17) is 9.15 Å². The first-order valence-corrected chi connectivity index (χ1v) is 7.90. The monoisotopic (exact) mass is 308 g/mol. The second-order valence-corrected chi connectivity index (χ2v) is 5.41. The number of likely N-dealkylation sites (tertiary alicyclic amines) is 1. The molecule has 1 aliphatic rings. The van der Waals surface area contributed by atoms with E-state index in [9.17, 15) is 9.59 Å². The number of carbonyl (C=O) groups excluding carboxylic acids is 2. The molecule has 1 amide bonds. The summed E-state index contributed by atoms with van der Waals surface area (Å²) >= 11 is 0. The molecule has 0 aliphatic carbocycles. The van der Waals surface area contributed by atoms with Crippen LogP contribution in [0.3, 0.4) is 0 Å². The van der Waals surface area contributed by atoms with Crippen LogP contribution in [0.5, 0.6) is 0 Å². The van der Waals surface area contributed by atoms with E-state index >= 15 is 0 Å². The minimum absolute atomic E-state index is 0.0374. The standard InChI is InChI=1S/C16H24N2O4/c1-2-21-16(20)14-7-3-4-9-18(14)10-8-15(19)17-12-13-6-5-11-22-13/h5-6,11,14H,2-4,7-10,12H2,1H3,(H,17,19)/t14-/m1/s1. The Morgan fingerprint density at radius 3 is 3.05 bits per heavy atom. The van der Waals surface area contributed by atoms with E-state index in [2.05, 4.69) is 10.2 Å². The van der Waals surface area contributed by atoms with Crippen molar-refractivity contribution >= 4 is 11.9 Å². The summed E-state index contributed by atoms with van der Waals surface area (Å²) in [5, 5.41) is 2.82. The third-order valence-electron chi connectivity index (χ3n) is 3.84. The van der Waals surface area contributed by atoms with Crippen LogP contribution in [0.15, 0.2) is 22.8 Å². The highest BCUT2D eigenvalue weighted by atomic mass is 16.5. The molecule has 1 saturated heterocycles. The first kappa shape index (κ1) is 16.5. The highest BCUT2D eigenvalue weighted by Crippen LogP contribution is 2.18. The van der Waals surface area contributed by atoms with Gasteiger partial charge in [-0.1, -0.05) is 6.42 Å². The number of hydrogen-bond donors (Lipinski definition) is 1. The number of nitrogens with one attached hydrogen (secondary N) is 1. The Kier molecular flexibility index (Phi) is 6.45. The molecule has 22 heavy (non-hydrogen) atoms. The predicted octanol–water partition coefficient (Wildman–Crippen LogP) is 1.70. The summed E-state index contributed by atoms with van der Waals surface area (Å²) in [5.74, 6) is 0.526. The number of piperidine rings is 1. The number of carbonyl (C=O) groups is 2. The molecule has 1 atom stereocenters. The van der Waals surface area contributed by atoms with E-state index in [1.165, 1.54) is 0 Å². The summed E-state index contributed by atoms with van der Waals surface area (Å²) in [4.78, 5) is 25.9. The third-order valence-corrected chi connectivity index (χ3v) is 3.84. The molecular formula is C16H24N2O4. The van der Waals surface area contributed by atoms with E-state index < -0.39 is 0 Å². The minimum Gasteiger partial charge on any atom is -0.467 e. The summed E-state index contributed by atoms with van der Waals surface area (Å²) < 4.78 is 10.3. The van der Waals surface area contributed by atoms with Crippen molar-refractivity contribution in [1.29, 1.82) is 0 Å². The van der Waals surface area contributed by atoms with Gasteiger partial charge in [0.25, 0.3) is 0 Å². The van der Waals surface area contributed by atoms with Gasteiger partial charge in [-0.15, -0.1) is 0 Å². The fourth-order valence-corrected chi connectivity index (χ4v) is 2.70. The van der Waals surface area contributed by atoms with Crippen LogP contribution in [0.4, 0.5) is 0 Å². The fourth-order valence-electron chi connectivity index (χ4n) is 2.70. The molecule has 6 nitrogen and oxygen atoms in total. The van der Waals surface area contributed by atoms with Crippen LogP contribution in [0.25, 0.3) is 0 Å². The normalized spacial score (nSPS) is 18.9. The van der Waals surface area contributed by atoms with Crippen molar-refractivity contribution in [2.24, 2.45) is 0 Å². The second-order valence-electron chi connectivity index (χ2n) is 5.41. The lowest BCUT2D eigenvalue weighted by molar-refractivity contribution is -0.151. The SMILES string of the molecule is CCOC(=O)[C@H]1CCCCN1CCC(=O)NCc1ccco1. The zero-order valence-electron chi connectivity index (χ0n) is 13.0. The highest BCUT2D eigenvalue weighted by Gasteiger charge is 2.29. The molecule has 2 rings (SSSR count). The second kappa shape index (κ2) is 8.58. The number of furan rings is 1. The molecule has 0 bridgehead atoms. The molecule has 1 aromatic rings. The molecule has 1 fully saturated rings. The van der Waals surface area contributed by atoms with E-state index in [0.29, 0.717) is 26.1 Å². The highest BCUT2D eigenvalue weighted by molar-refractivity contribution is 5.77. The summed E-state index contributed by atoms with van der Waals surface area (Å²) in [5.41, 5.74) is 0. The fraction of sp³-hybridized carbons (Fsp3) is 0.625. The number of nitrogens with zero attached hydrogens (tertiary/aromatic N) is 1. The molecule has 6 heteroatoms. The largest absolute Gasteiger partial charge is 0.467 e. The number of hydrogen-bond acceptors (Lipinski definition) is 5.